The fourth-order valence-electron chi connectivity index (χ4n) is 4.11. The lowest BCUT2D eigenvalue weighted by Crippen LogP contribution is -2.51. The molecule has 202 valence electrons. The maximum absolute atomic E-state index is 13.9. The van der Waals surface area contributed by atoms with E-state index in [9.17, 15) is 14.4 Å². The van der Waals surface area contributed by atoms with Crippen LogP contribution in [-0.4, -0.2) is 44.0 Å². The molecule has 0 aliphatic carbocycles. The van der Waals surface area contributed by atoms with Crippen LogP contribution in [0.15, 0.2) is 53.9 Å². The van der Waals surface area contributed by atoms with E-state index in [4.69, 9.17) is 9.47 Å². The smallest absolute Gasteiger partial charge is 0.261 e. The van der Waals surface area contributed by atoms with E-state index >= 15 is 0 Å². The summed E-state index contributed by atoms with van der Waals surface area (Å²) < 4.78 is 10.9. The molecule has 0 spiro atoms. The third-order valence-electron chi connectivity index (χ3n) is 5.75. The van der Waals surface area contributed by atoms with Gasteiger partial charge in [-0.25, -0.2) is 0 Å². The first kappa shape index (κ1) is 28.7. The zero-order chi connectivity index (χ0) is 28.0. The Morgan fingerprint density at radius 2 is 1.68 bits per heavy atom. The van der Waals surface area contributed by atoms with Gasteiger partial charge in [0.05, 0.1) is 25.6 Å². The second-order valence-corrected chi connectivity index (χ2v) is 10.9. The molecule has 0 aliphatic heterocycles. The number of methoxy groups -OCH3 is 2. The highest BCUT2D eigenvalue weighted by Gasteiger charge is 2.35. The number of aryl methyl sites for hydroxylation is 2. The van der Waals surface area contributed by atoms with Gasteiger partial charge in [0.1, 0.15) is 6.04 Å². The van der Waals surface area contributed by atoms with Crippen LogP contribution in [0.2, 0.25) is 0 Å². The normalized spacial score (nSPS) is 11.9. The number of ether oxygens (including phenoxy) is 2. The van der Waals surface area contributed by atoms with E-state index < -0.39 is 17.5 Å². The van der Waals surface area contributed by atoms with E-state index in [-0.39, 0.29) is 18.4 Å². The quantitative estimate of drug-likeness (QED) is 0.409. The molecule has 0 bridgehead atoms. The number of nitrogens with one attached hydrogen (secondary N) is 2. The Labute approximate surface area is 228 Å². The van der Waals surface area contributed by atoms with Gasteiger partial charge < -0.3 is 20.1 Å². The SMILES string of the molecule is COc1ccc([C@@H](C(=O)NC(C)(C)C)N(C(=O)CNC(=O)c2cccs2)c2ccc(C)cc2C)cc1OC. The van der Waals surface area contributed by atoms with Gasteiger partial charge in [0.2, 0.25) is 11.8 Å². The van der Waals surface area contributed by atoms with Crippen molar-refractivity contribution in [3.8, 4) is 11.5 Å². The summed E-state index contributed by atoms with van der Waals surface area (Å²) in [6.45, 7) is 9.18. The number of hydrogen-bond donors (Lipinski definition) is 2. The summed E-state index contributed by atoms with van der Waals surface area (Å²) in [5.41, 5.74) is 2.37. The maximum Gasteiger partial charge on any atom is 0.261 e. The van der Waals surface area contributed by atoms with E-state index in [1.54, 1.807) is 35.7 Å². The lowest BCUT2D eigenvalue weighted by molar-refractivity contribution is -0.127. The Kier molecular flexibility index (Phi) is 9.17. The molecule has 0 saturated carbocycles. The molecule has 8 nitrogen and oxygen atoms in total. The standard InChI is InChI=1S/C29H35N3O5S/c1-18-10-12-21(19(2)15-18)32(25(33)17-30-27(34)24-9-8-14-38-24)26(28(35)31-29(3,4)5)20-11-13-22(36-6)23(16-20)37-7/h8-16,26H,17H2,1-7H3,(H,30,34)(H,31,35)/t26-/m0/s1. The van der Waals surface area contributed by atoms with Crippen molar-refractivity contribution < 1.29 is 23.9 Å². The van der Waals surface area contributed by atoms with Crippen LogP contribution < -0.4 is 25.0 Å². The van der Waals surface area contributed by atoms with Crippen molar-refractivity contribution in [3.05, 3.63) is 75.5 Å². The van der Waals surface area contributed by atoms with Crippen LogP contribution in [0.3, 0.4) is 0 Å². The molecule has 0 saturated heterocycles. The summed E-state index contributed by atoms with van der Waals surface area (Å²) >= 11 is 1.29. The predicted octanol–water partition coefficient (Wildman–Crippen LogP) is 4.80. The minimum Gasteiger partial charge on any atom is -0.493 e. The third kappa shape index (κ3) is 6.92. The van der Waals surface area contributed by atoms with Crippen molar-refractivity contribution in [2.75, 3.05) is 25.7 Å². The fraction of sp³-hybridized carbons (Fsp3) is 0.345. The summed E-state index contributed by atoms with van der Waals surface area (Å²) in [5.74, 6) is -0.236. The molecule has 0 aliphatic rings. The summed E-state index contributed by atoms with van der Waals surface area (Å²) in [5, 5.41) is 7.51. The summed E-state index contributed by atoms with van der Waals surface area (Å²) in [6, 6.07) is 13.2. The molecular weight excluding hydrogens is 502 g/mol. The molecule has 0 unspecified atom stereocenters. The molecule has 0 radical (unpaired) electrons. The number of carbonyl (C=O) groups excluding carboxylic acids is 3. The molecule has 9 heteroatoms. The number of hydrogen-bond acceptors (Lipinski definition) is 6. The Bertz CT molecular complexity index is 1300. The Balaban J connectivity index is 2.13. The van der Waals surface area contributed by atoms with Crippen LogP contribution in [0.25, 0.3) is 0 Å². The Morgan fingerprint density at radius 3 is 2.26 bits per heavy atom. The molecule has 3 aromatic rings. The minimum atomic E-state index is -1.05. The first-order valence-electron chi connectivity index (χ1n) is 12.2. The first-order chi connectivity index (χ1) is 17.9. The van der Waals surface area contributed by atoms with Crippen molar-refractivity contribution in [1.82, 2.24) is 10.6 Å². The largest absolute Gasteiger partial charge is 0.493 e. The highest BCUT2D eigenvalue weighted by molar-refractivity contribution is 7.12. The van der Waals surface area contributed by atoms with E-state index in [2.05, 4.69) is 10.6 Å². The van der Waals surface area contributed by atoms with Gasteiger partial charge >= 0.3 is 0 Å². The fourth-order valence-corrected chi connectivity index (χ4v) is 4.75. The number of thiophene rings is 1. The van der Waals surface area contributed by atoms with Gasteiger partial charge in [-0.3, -0.25) is 19.3 Å². The minimum absolute atomic E-state index is 0.295. The summed E-state index contributed by atoms with van der Waals surface area (Å²) in [7, 11) is 3.04. The molecular formula is C29H35N3O5S. The molecule has 1 atom stereocenters. The average Bonchev–Trinajstić information content (AvgIpc) is 3.40. The van der Waals surface area contributed by atoms with Crippen molar-refractivity contribution in [1.29, 1.82) is 0 Å². The summed E-state index contributed by atoms with van der Waals surface area (Å²) in [6.07, 6.45) is 0. The van der Waals surface area contributed by atoms with E-state index in [0.717, 1.165) is 11.1 Å². The molecule has 3 rings (SSSR count). The number of nitrogens with zero attached hydrogens (tertiary/aromatic N) is 1. The van der Waals surface area contributed by atoms with Gasteiger partial charge in [0.25, 0.3) is 5.91 Å². The molecule has 1 aromatic heterocycles. The average molecular weight is 538 g/mol. The van der Waals surface area contributed by atoms with Crippen LogP contribution in [0, 0.1) is 13.8 Å². The van der Waals surface area contributed by atoms with Gasteiger partial charge in [0.15, 0.2) is 11.5 Å². The van der Waals surface area contributed by atoms with Gasteiger partial charge in [-0.2, -0.15) is 0 Å². The lowest BCUT2D eigenvalue weighted by atomic mass is 9.99. The molecule has 2 aromatic carbocycles. The number of anilines is 1. The zero-order valence-corrected chi connectivity index (χ0v) is 23.7. The van der Waals surface area contributed by atoms with E-state index in [1.807, 2.05) is 52.8 Å². The van der Waals surface area contributed by atoms with Gasteiger partial charge in [-0.05, 0) is 75.4 Å². The second-order valence-electron chi connectivity index (χ2n) is 9.97. The second kappa shape index (κ2) is 12.1. The van der Waals surface area contributed by atoms with Crippen LogP contribution in [0.4, 0.5) is 5.69 Å². The van der Waals surface area contributed by atoms with Crippen molar-refractivity contribution in [2.24, 2.45) is 0 Å². The number of rotatable bonds is 9. The highest BCUT2D eigenvalue weighted by Crippen LogP contribution is 2.36. The predicted molar refractivity (Wildman–Crippen MR) is 150 cm³/mol. The highest BCUT2D eigenvalue weighted by atomic mass is 32.1. The van der Waals surface area contributed by atoms with E-state index in [0.29, 0.717) is 27.6 Å². The zero-order valence-electron chi connectivity index (χ0n) is 22.9. The summed E-state index contributed by atoms with van der Waals surface area (Å²) in [4.78, 5) is 42.3. The molecule has 3 amide bonds. The van der Waals surface area contributed by atoms with Crippen LogP contribution in [-0.2, 0) is 9.59 Å². The third-order valence-corrected chi connectivity index (χ3v) is 6.62. The molecule has 2 N–H and O–H groups in total. The molecule has 0 fully saturated rings. The first-order valence-corrected chi connectivity index (χ1v) is 13.1. The van der Waals surface area contributed by atoms with Crippen LogP contribution in [0.5, 0.6) is 11.5 Å². The lowest BCUT2D eigenvalue weighted by Gasteiger charge is -2.35. The number of carbonyl (C=O) groups is 3. The Hall–Kier alpha value is -3.85. The Morgan fingerprint density at radius 1 is 0.974 bits per heavy atom. The van der Waals surface area contributed by atoms with Gasteiger partial charge in [-0.1, -0.05) is 29.8 Å². The van der Waals surface area contributed by atoms with Gasteiger partial charge in [0, 0.05) is 11.2 Å². The molecule has 38 heavy (non-hydrogen) atoms. The van der Waals surface area contributed by atoms with Crippen molar-refractivity contribution in [3.63, 3.8) is 0 Å². The van der Waals surface area contributed by atoms with Crippen LogP contribution in [0.1, 0.15) is 53.2 Å². The number of amides is 3. The number of benzene rings is 2. The van der Waals surface area contributed by atoms with Crippen molar-refractivity contribution in [2.45, 2.75) is 46.2 Å². The van der Waals surface area contributed by atoms with Gasteiger partial charge in [-0.15, -0.1) is 11.3 Å². The van der Waals surface area contributed by atoms with E-state index in [1.165, 1.54) is 30.5 Å². The van der Waals surface area contributed by atoms with Crippen molar-refractivity contribution >= 4 is 34.7 Å². The van der Waals surface area contributed by atoms with Crippen LogP contribution >= 0.6 is 11.3 Å². The maximum atomic E-state index is 13.9. The molecule has 1 heterocycles. The monoisotopic (exact) mass is 537 g/mol. The topological polar surface area (TPSA) is 97.0 Å².